The highest BCUT2D eigenvalue weighted by Gasteiger charge is 2.24. The zero-order valence-corrected chi connectivity index (χ0v) is 9.84. The predicted octanol–water partition coefficient (Wildman–Crippen LogP) is 2.56. The monoisotopic (exact) mass is 249 g/mol. The lowest BCUT2D eigenvalue weighted by Crippen LogP contribution is -2.14. The number of thiophene rings is 1. The fourth-order valence-corrected chi connectivity index (χ4v) is 3.34. The Hall–Kier alpha value is -1.62. The van der Waals surface area contributed by atoms with Crippen LogP contribution in [0.15, 0.2) is 16.2 Å². The minimum absolute atomic E-state index is 0.197. The maximum absolute atomic E-state index is 11.6. The Balaban J connectivity index is 2.29. The minimum atomic E-state index is -0.988. The van der Waals surface area contributed by atoms with Crippen molar-refractivity contribution in [3.63, 3.8) is 0 Å². The summed E-state index contributed by atoms with van der Waals surface area (Å²) >= 11 is 1.40. The van der Waals surface area contributed by atoms with Gasteiger partial charge in [0.1, 0.15) is 0 Å². The van der Waals surface area contributed by atoms with E-state index >= 15 is 0 Å². The SMILES string of the molecule is O=C(O)c1csc2c(C3CCC3)cc(=O)[nH]c12. The third kappa shape index (κ3) is 1.58. The quantitative estimate of drug-likeness (QED) is 0.859. The summed E-state index contributed by atoms with van der Waals surface area (Å²) in [5.74, 6) is -0.558. The first-order chi connectivity index (χ1) is 8.16. The zero-order valence-electron chi connectivity index (χ0n) is 9.03. The van der Waals surface area contributed by atoms with Gasteiger partial charge in [0, 0.05) is 11.4 Å². The van der Waals surface area contributed by atoms with Crippen LogP contribution in [-0.4, -0.2) is 16.1 Å². The molecule has 1 aliphatic carbocycles. The topological polar surface area (TPSA) is 70.2 Å². The van der Waals surface area contributed by atoms with Gasteiger partial charge in [-0.25, -0.2) is 4.79 Å². The van der Waals surface area contributed by atoms with E-state index in [0.29, 0.717) is 11.4 Å². The van der Waals surface area contributed by atoms with Gasteiger partial charge in [-0.2, -0.15) is 0 Å². The number of carboxylic acid groups (broad SMARTS) is 1. The van der Waals surface area contributed by atoms with Gasteiger partial charge in [-0.3, -0.25) is 4.79 Å². The highest BCUT2D eigenvalue weighted by molar-refractivity contribution is 7.17. The van der Waals surface area contributed by atoms with Crippen molar-refractivity contribution in [2.75, 3.05) is 0 Å². The van der Waals surface area contributed by atoms with Crippen LogP contribution in [0.4, 0.5) is 0 Å². The molecule has 0 bridgehead atoms. The van der Waals surface area contributed by atoms with Gasteiger partial charge in [0.25, 0.3) is 0 Å². The number of carbonyl (C=O) groups is 1. The van der Waals surface area contributed by atoms with Crippen LogP contribution in [0.2, 0.25) is 0 Å². The Morgan fingerprint density at radius 3 is 2.82 bits per heavy atom. The third-order valence-corrected chi connectivity index (χ3v) is 4.39. The molecule has 2 heterocycles. The Morgan fingerprint density at radius 1 is 1.47 bits per heavy atom. The average molecular weight is 249 g/mol. The van der Waals surface area contributed by atoms with E-state index in [1.807, 2.05) is 0 Å². The third-order valence-electron chi connectivity index (χ3n) is 3.36. The van der Waals surface area contributed by atoms with Crippen molar-refractivity contribution in [3.05, 3.63) is 32.9 Å². The van der Waals surface area contributed by atoms with Crippen molar-refractivity contribution in [1.82, 2.24) is 4.98 Å². The van der Waals surface area contributed by atoms with Gasteiger partial charge in [0.15, 0.2) is 0 Å². The number of H-pyrrole nitrogens is 1. The molecule has 0 aliphatic heterocycles. The average Bonchev–Trinajstić information content (AvgIpc) is 2.58. The summed E-state index contributed by atoms with van der Waals surface area (Å²) in [6.07, 6.45) is 3.38. The van der Waals surface area contributed by atoms with Crippen LogP contribution in [0.25, 0.3) is 10.2 Å². The maximum Gasteiger partial charge on any atom is 0.338 e. The highest BCUT2D eigenvalue weighted by atomic mass is 32.1. The van der Waals surface area contributed by atoms with Gasteiger partial charge in [-0.05, 0) is 24.3 Å². The summed E-state index contributed by atoms with van der Waals surface area (Å²) in [4.78, 5) is 25.3. The van der Waals surface area contributed by atoms with Crippen molar-refractivity contribution >= 4 is 27.5 Å². The fourth-order valence-electron chi connectivity index (χ4n) is 2.24. The molecule has 17 heavy (non-hydrogen) atoms. The number of fused-ring (bicyclic) bond motifs is 1. The molecule has 0 radical (unpaired) electrons. The lowest BCUT2D eigenvalue weighted by molar-refractivity contribution is 0.0699. The lowest BCUT2D eigenvalue weighted by Gasteiger charge is -2.25. The highest BCUT2D eigenvalue weighted by Crippen LogP contribution is 2.40. The van der Waals surface area contributed by atoms with Crippen LogP contribution >= 0.6 is 11.3 Å². The molecule has 0 spiro atoms. The van der Waals surface area contributed by atoms with E-state index in [-0.39, 0.29) is 11.1 Å². The van der Waals surface area contributed by atoms with Crippen molar-refractivity contribution in [3.8, 4) is 0 Å². The number of aromatic carboxylic acids is 1. The number of aromatic nitrogens is 1. The molecular weight excluding hydrogens is 238 g/mol. The summed E-state index contributed by atoms with van der Waals surface area (Å²) < 4.78 is 0.923. The molecule has 0 aromatic carbocycles. The van der Waals surface area contributed by atoms with Gasteiger partial charge >= 0.3 is 5.97 Å². The number of hydrogen-bond acceptors (Lipinski definition) is 3. The van der Waals surface area contributed by atoms with E-state index < -0.39 is 5.97 Å². The summed E-state index contributed by atoms with van der Waals surface area (Å²) in [6.45, 7) is 0. The normalized spacial score (nSPS) is 16.0. The van der Waals surface area contributed by atoms with Crippen LogP contribution in [0.3, 0.4) is 0 Å². The van der Waals surface area contributed by atoms with Crippen LogP contribution in [-0.2, 0) is 0 Å². The molecule has 5 heteroatoms. The molecule has 2 aromatic rings. The van der Waals surface area contributed by atoms with Crippen LogP contribution in [0.1, 0.15) is 41.1 Å². The second-order valence-electron chi connectivity index (χ2n) is 4.38. The fraction of sp³-hybridized carbons (Fsp3) is 0.333. The van der Waals surface area contributed by atoms with E-state index in [2.05, 4.69) is 4.98 Å². The molecule has 0 atom stereocenters. The number of aromatic amines is 1. The standard InChI is InChI=1S/C12H11NO3S/c14-9-4-7(6-2-1-3-6)11-10(13-9)8(5-17-11)12(15)16/h4-6H,1-3H2,(H,13,14)(H,15,16). The molecule has 0 saturated heterocycles. The molecule has 1 aliphatic rings. The molecule has 3 rings (SSSR count). The summed E-state index contributed by atoms with van der Waals surface area (Å²) in [7, 11) is 0. The zero-order chi connectivity index (χ0) is 12.0. The molecule has 0 unspecified atom stereocenters. The van der Waals surface area contributed by atoms with E-state index in [1.165, 1.54) is 17.8 Å². The molecule has 1 fully saturated rings. The number of hydrogen-bond donors (Lipinski definition) is 2. The number of pyridine rings is 1. The largest absolute Gasteiger partial charge is 0.478 e. The predicted molar refractivity (Wildman–Crippen MR) is 66.0 cm³/mol. The van der Waals surface area contributed by atoms with Crippen molar-refractivity contribution < 1.29 is 9.90 Å². The first-order valence-corrected chi connectivity index (χ1v) is 6.42. The molecule has 2 aromatic heterocycles. The van der Waals surface area contributed by atoms with Gasteiger partial charge in [0.2, 0.25) is 5.56 Å². The lowest BCUT2D eigenvalue weighted by atomic mass is 9.80. The number of nitrogens with one attached hydrogen (secondary N) is 1. The second-order valence-corrected chi connectivity index (χ2v) is 5.26. The molecule has 2 N–H and O–H groups in total. The van der Waals surface area contributed by atoms with Crippen LogP contribution in [0.5, 0.6) is 0 Å². The van der Waals surface area contributed by atoms with E-state index in [4.69, 9.17) is 5.11 Å². The Labute approximate surface area is 101 Å². The maximum atomic E-state index is 11.6. The first kappa shape index (κ1) is 10.5. The molecule has 4 nitrogen and oxygen atoms in total. The summed E-state index contributed by atoms with van der Waals surface area (Å²) in [5, 5.41) is 10.7. The molecular formula is C12H11NO3S. The van der Waals surface area contributed by atoms with Gasteiger partial charge < -0.3 is 10.1 Å². The Bertz CT molecular complexity index is 651. The van der Waals surface area contributed by atoms with Gasteiger partial charge in [0.05, 0.1) is 15.8 Å². The van der Waals surface area contributed by atoms with E-state index in [9.17, 15) is 9.59 Å². The minimum Gasteiger partial charge on any atom is -0.478 e. The second kappa shape index (κ2) is 3.70. The van der Waals surface area contributed by atoms with E-state index in [0.717, 1.165) is 23.1 Å². The number of rotatable bonds is 2. The van der Waals surface area contributed by atoms with Crippen molar-refractivity contribution in [1.29, 1.82) is 0 Å². The first-order valence-electron chi connectivity index (χ1n) is 5.54. The summed E-state index contributed by atoms with van der Waals surface area (Å²) in [5.41, 5.74) is 1.49. The van der Waals surface area contributed by atoms with Gasteiger partial charge in [-0.15, -0.1) is 11.3 Å². The Kier molecular flexibility index (Phi) is 2.29. The molecule has 1 saturated carbocycles. The van der Waals surface area contributed by atoms with Crippen LogP contribution in [0, 0.1) is 0 Å². The molecule has 0 amide bonds. The Morgan fingerprint density at radius 2 is 2.24 bits per heavy atom. The van der Waals surface area contributed by atoms with Gasteiger partial charge in [-0.1, -0.05) is 6.42 Å². The van der Waals surface area contributed by atoms with Crippen molar-refractivity contribution in [2.45, 2.75) is 25.2 Å². The van der Waals surface area contributed by atoms with Crippen LogP contribution < -0.4 is 5.56 Å². The smallest absolute Gasteiger partial charge is 0.338 e. The summed E-state index contributed by atoms with van der Waals surface area (Å²) in [6, 6.07) is 1.62. The number of carboxylic acids is 1. The van der Waals surface area contributed by atoms with Crippen molar-refractivity contribution in [2.24, 2.45) is 0 Å². The molecule has 88 valence electrons. The van der Waals surface area contributed by atoms with E-state index in [1.54, 1.807) is 11.4 Å².